The molecular weight excluding hydrogens is 150 g/mol. The van der Waals surface area contributed by atoms with Gasteiger partial charge < -0.3 is 0 Å². The molecule has 0 aliphatic carbocycles. The molecule has 0 atom stereocenters. The lowest BCUT2D eigenvalue weighted by Gasteiger charge is -2.15. The first-order chi connectivity index (χ1) is 5.67. The van der Waals surface area contributed by atoms with Crippen LogP contribution in [0.15, 0.2) is 16.9 Å². The Hall–Kier alpha value is -1.56. The topological polar surface area (TPSA) is 39.5 Å². The second-order valence-corrected chi connectivity index (χ2v) is 2.09. The van der Waals surface area contributed by atoms with Gasteiger partial charge in [0, 0.05) is 6.72 Å². The van der Waals surface area contributed by atoms with Crippen LogP contribution in [0.1, 0.15) is 20.8 Å². The normalized spacial score (nSPS) is 9.75. The summed E-state index contributed by atoms with van der Waals surface area (Å²) in [6, 6.07) is 0. The van der Waals surface area contributed by atoms with Gasteiger partial charge >= 0.3 is 0 Å². The number of amidine groups is 1. The molecule has 0 aromatic carbocycles. The van der Waals surface area contributed by atoms with Gasteiger partial charge in [0.2, 0.25) is 0 Å². The van der Waals surface area contributed by atoms with E-state index in [4.69, 9.17) is 5.41 Å². The van der Waals surface area contributed by atoms with Gasteiger partial charge in [-0.25, -0.2) is 5.01 Å². The summed E-state index contributed by atoms with van der Waals surface area (Å²) in [6.07, 6.45) is 1.79. The number of nitrogens with one attached hydrogen (secondary N) is 1. The molecule has 3 nitrogen and oxygen atoms in total. The Labute approximate surface area is 73.3 Å². The van der Waals surface area contributed by atoms with Crippen molar-refractivity contribution in [3.8, 4) is 11.8 Å². The number of hydrogen-bond acceptors (Lipinski definition) is 2. The molecule has 0 heterocycles. The summed E-state index contributed by atoms with van der Waals surface area (Å²) in [4.78, 5) is 0. The lowest BCUT2D eigenvalue weighted by atomic mass is 10.4. The van der Waals surface area contributed by atoms with E-state index < -0.39 is 0 Å². The monoisotopic (exact) mass is 163 g/mol. The zero-order valence-corrected chi connectivity index (χ0v) is 7.68. The number of allylic oxidation sites excluding steroid dienone is 2. The zero-order valence-electron chi connectivity index (χ0n) is 7.68. The van der Waals surface area contributed by atoms with Crippen molar-refractivity contribution >= 4 is 12.6 Å². The zero-order chi connectivity index (χ0) is 9.56. The van der Waals surface area contributed by atoms with Crippen LogP contribution in [0.2, 0.25) is 0 Å². The second kappa shape index (κ2) is 5.14. The molecule has 0 radical (unpaired) electrons. The van der Waals surface area contributed by atoms with Crippen LogP contribution in [0.3, 0.4) is 0 Å². The first-order valence-electron chi connectivity index (χ1n) is 3.58. The molecule has 0 aromatic heterocycles. The lowest BCUT2D eigenvalue weighted by molar-refractivity contribution is 0.570. The molecule has 0 saturated heterocycles. The molecule has 1 N–H and O–H groups in total. The van der Waals surface area contributed by atoms with E-state index in [0.717, 1.165) is 0 Å². The van der Waals surface area contributed by atoms with E-state index >= 15 is 0 Å². The first kappa shape index (κ1) is 10.4. The molecule has 0 rings (SSSR count). The van der Waals surface area contributed by atoms with E-state index in [1.807, 2.05) is 6.92 Å². The molecule has 0 unspecified atom stereocenters. The number of nitrogens with zero attached hydrogens (tertiary/aromatic N) is 2. The van der Waals surface area contributed by atoms with Crippen LogP contribution in [-0.2, 0) is 0 Å². The molecule has 0 aromatic rings. The fourth-order valence-corrected chi connectivity index (χ4v) is 0.738. The van der Waals surface area contributed by atoms with Gasteiger partial charge in [-0.3, -0.25) is 5.41 Å². The van der Waals surface area contributed by atoms with Crippen LogP contribution < -0.4 is 0 Å². The third kappa shape index (κ3) is 2.59. The van der Waals surface area contributed by atoms with Gasteiger partial charge in [-0.05, 0) is 26.7 Å². The third-order valence-corrected chi connectivity index (χ3v) is 1.21. The van der Waals surface area contributed by atoms with Crippen molar-refractivity contribution in [1.82, 2.24) is 5.01 Å². The van der Waals surface area contributed by atoms with Gasteiger partial charge in [0.05, 0.1) is 0 Å². The van der Waals surface area contributed by atoms with Crippen LogP contribution >= 0.6 is 0 Å². The van der Waals surface area contributed by atoms with E-state index in [1.54, 1.807) is 19.9 Å². The Bertz CT molecular complexity index is 265. The predicted octanol–water partition coefficient (Wildman–Crippen LogP) is 1.83. The summed E-state index contributed by atoms with van der Waals surface area (Å²) in [5, 5.41) is 12.4. The summed E-state index contributed by atoms with van der Waals surface area (Å²) in [6.45, 7) is 8.58. The Kier molecular flexibility index (Phi) is 4.47. The Morgan fingerprint density at radius 2 is 2.25 bits per heavy atom. The minimum atomic E-state index is 0.306. The van der Waals surface area contributed by atoms with Crippen molar-refractivity contribution in [2.45, 2.75) is 20.8 Å². The van der Waals surface area contributed by atoms with Crippen molar-refractivity contribution in [1.29, 1.82) is 5.41 Å². The number of hydrogen-bond donors (Lipinski definition) is 1. The van der Waals surface area contributed by atoms with Crippen LogP contribution in [-0.4, -0.2) is 17.6 Å². The number of rotatable bonds is 2. The molecule has 12 heavy (non-hydrogen) atoms. The van der Waals surface area contributed by atoms with Gasteiger partial charge in [-0.2, -0.15) is 5.10 Å². The average Bonchev–Trinajstić information content (AvgIpc) is 2.03. The molecule has 0 fully saturated rings. The molecule has 0 amide bonds. The van der Waals surface area contributed by atoms with Crippen LogP contribution in [0, 0.1) is 17.3 Å². The van der Waals surface area contributed by atoms with Crippen molar-refractivity contribution in [2.75, 3.05) is 0 Å². The van der Waals surface area contributed by atoms with Gasteiger partial charge in [-0.1, -0.05) is 12.0 Å². The maximum absolute atomic E-state index is 7.35. The van der Waals surface area contributed by atoms with Gasteiger partial charge in [0.1, 0.15) is 11.5 Å². The molecule has 0 saturated carbocycles. The fraction of sp³-hybridized carbons (Fsp3) is 0.333. The highest BCUT2D eigenvalue weighted by Crippen LogP contribution is 2.03. The maximum Gasteiger partial charge on any atom is 0.120 e. The largest absolute Gasteiger partial charge is 0.287 e. The standard InChI is InChI=1S/C9H13N3/c1-5-7-9(6-2)12(11-4)8(3)10/h6,10H,4H2,1-3H3/b9-6-,10-8?. The molecule has 0 bridgehead atoms. The molecule has 0 spiro atoms. The minimum Gasteiger partial charge on any atom is -0.287 e. The summed E-state index contributed by atoms with van der Waals surface area (Å²) in [7, 11) is 0. The van der Waals surface area contributed by atoms with Crippen molar-refractivity contribution in [3.63, 3.8) is 0 Å². The quantitative estimate of drug-likeness (QED) is 0.287. The average molecular weight is 163 g/mol. The van der Waals surface area contributed by atoms with Gasteiger partial charge in [-0.15, -0.1) is 0 Å². The Balaban J connectivity index is 4.77. The molecule has 3 heteroatoms. The van der Waals surface area contributed by atoms with E-state index in [1.165, 1.54) is 5.01 Å². The molecule has 64 valence electrons. The van der Waals surface area contributed by atoms with Crippen LogP contribution in [0.5, 0.6) is 0 Å². The van der Waals surface area contributed by atoms with Gasteiger partial charge in [0.15, 0.2) is 0 Å². The smallest absolute Gasteiger partial charge is 0.120 e. The van der Waals surface area contributed by atoms with Crippen molar-refractivity contribution in [2.24, 2.45) is 5.10 Å². The van der Waals surface area contributed by atoms with Crippen molar-refractivity contribution < 1.29 is 0 Å². The molecule has 0 aliphatic heterocycles. The summed E-state index contributed by atoms with van der Waals surface area (Å²) in [5.41, 5.74) is 0.681. The van der Waals surface area contributed by atoms with Crippen molar-refractivity contribution in [3.05, 3.63) is 11.8 Å². The second-order valence-electron chi connectivity index (χ2n) is 2.09. The highest BCUT2D eigenvalue weighted by atomic mass is 15.5. The summed E-state index contributed by atoms with van der Waals surface area (Å²) >= 11 is 0. The molecular formula is C9H13N3. The maximum atomic E-state index is 7.35. The molecule has 0 aliphatic rings. The Morgan fingerprint density at radius 3 is 2.50 bits per heavy atom. The highest BCUT2D eigenvalue weighted by Gasteiger charge is 2.04. The van der Waals surface area contributed by atoms with E-state index in [2.05, 4.69) is 23.7 Å². The fourth-order valence-electron chi connectivity index (χ4n) is 0.738. The first-order valence-corrected chi connectivity index (χ1v) is 3.58. The summed E-state index contributed by atoms with van der Waals surface area (Å²) in [5.74, 6) is 5.88. The van der Waals surface area contributed by atoms with Crippen LogP contribution in [0.25, 0.3) is 0 Å². The van der Waals surface area contributed by atoms with E-state index in [0.29, 0.717) is 11.5 Å². The summed E-state index contributed by atoms with van der Waals surface area (Å²) < 4.78 is 0. The minimum absolute atomic E-state index is 0.306. The highest BCUT2D eigenvalue weighted by molar-refractivity contribution is 5.79. The predicted molar refractivity (Wildman–Crippen MR) is 52.0 cm³/mol. The number of hydrazone groups is 1. The van der Waals surface area contributed by atoms with E-state index in [9.17, 15) is 0 Å². The lowest BCUT2D eigenvalue weighted by Crippen LogP contribution is -2.20. The van der Waals surface area contributed by atoms with Crippen LogP contribution in [0.4, 0.5) is 0 Å². The Morgan fingerprint density at radius 1 is 1.67 bits per heavy atom. The third-order valence-electron chi connectivity index (χ3n) is 1.21. The van der Waals surface area contributed by atoms with E-state index in [-0.39, 0.29) is 0 Å². The SMILES string of the molecule is C=NN(C(C)=N)/C(C#CC)=C\C. The van der Waals surface area contributed by atoms with Gasteiger partial charge in [0.25, 0.3) is 0 Å².